The molecule has 164 valence electrons. The number of sulfonamides is 1. The zero-order valence-electron chi connectivity index (χ0n) is 17.1. The lowest BCUT2D eigenvalue weighted by molar-refractivity contribution is -0.139. The standard InChI is InChI=1S/C21H31F3N2O2S/c1-15(2)14-26(17-6-4-3-5-7-17)18-10-11-20(19(12-18)21(22,23)24)29(27,28)25-13-16-8-9-16/h10-12,15-17,25H,3-9,13-14H2,1-2H3. The molecule has 1 N–H and O–H groups in total. The van der Waals surface area contributed by atoms with Crippen LogP contribution < -0.4 is 9.62 Å². The van der Waals surface area contributed by atoms with Gasteiger partial charge in [0.15, 0.2) is 0 Å². The Kier molecular flexibility index (Phi) is 6.83. The van der Waals surface area contributed by atoms with Crippen molar-refractivity contribution in [2.75, 3.05) is 18.0 Å². The van der Waals surface area contributed by atoms with Gasteiger partial charge in [0.2, 0.25) is 10.0 Å². The third-order valence-electron chi connectivity index (χ3n) is 5.73. The Balaban J connectivity index is 1.96. The van der Waals surface area contributed by atoms with Crippen molar-refractivity contribution >= 4 is 15.7 Å². The lowest BCUT2D eigenvalue weighted by atomic mass is 9.93. The molecule has 29 heavy (non-hydrogen) atoms. The summed E-state index contributed by atoms with van der Waals surface area (Å²) in [6.07, 6.45) is 2.30. The van der Waals surface area contributed by atoms with Crippen LogP contribution in [0.15, 0.2) is 23.1 Å². The lowest BCUT2D eigenvalue weighted by Gasteiger charge is -2.38. The van der Waals surface area contributed by atoms with Crippen molar-refractivity contribution in [2.45, 2.75) is 75.9 Å². The highest BCUT2D eigenvalue weighted by atomic mass is 32.2. The summed E-state index contributed by atoms with van der Waals surface area (Å²) in [4.78, 5) is 1.37. The predicted molar refractivity (Wildman–Crippen MR) is 108 cm³/mol. The van der Waals surface area contributed by atoms with Crippen molar-refractivity contribution in [1.29, 1.82) is 0 Å². The van der Waals surface area contributed by atoms with E-state index in [9.17, 15) is 21.6 Å². The van der Waals surface area contributed by atoms with E-state index < -0.39 is 26.7 Å². The molecule has 0 unspecified atom stereocenters. The molecular formula is C21H31F3N2O2S. The monoisotopic (exact) mass is 432 g/mol. The molecule has 0 aromatic heterocycles. The fourth-order valence-corrected chi connectivity index (χ4v) is 5.35. The number of nitrogens with one attached hydrogen (secondary N) is 1. The van der Waals surface area contributed by atoms with E-state index in [4.69, 9.17) is 0 Å². The summed E-state index contributed by atoms with van der Waals surface area (Å²) >= 11 is 0. The van der Waals surface area contributed by atoms with E-state index in [2.05, 4.69) is 4.72 Å². The largest absolute Gasteiger partial charge is 0.417 e. The second kappa shape index (κ2) is 8.84. The highest BCUT2D eigenvalue weighted by Gasteiger charge is 2.38. The number of hydrogen-bond acceptors (Lipinski definition) is 3. The Morgan fingerprint density at radius 3 is 2.31 bits per heavy atom. The number of anilines is 1. The van der Waals surface area contributed by atoms with Gasteiger partial charge >= 0.3 is 6.18 Å². The van der Waals surface area contributed by atoms with Gasteiger partial charge in [-0.3, -0.25) is 0 Å². The maximum absolute atomic E-state index is 13.8. The molecule has 2 saturated carbocycles. The Hall–Kier alpha value is -1.28. The minimum Gasteiger partial charge on any atom is -0.368 e. The molecule has 4 nitrogen and oxygen atoms in total. The van der Waals surface area contributed by atoms with E-state index in [1.807, 2.05) is 18.7 Å². The van der Waals surface area contributed by atoms with Crippen LogP contribution in [0.2, 0.25) is 0 Å². The van der Waals surface area contributed by atoms with Crippen molar-refractivity contribution in [1.82, 2.24) is 4.72 Å². The van der Waals surface area contributed by atoms with Crippen molar-refractivity contribution in [3.8, 4) is 0 Å². The topological polar surface area (TPSA) is 49.4 Å². The highest BCUT2D eigenvalue weighted by molar-refractivity contribution is 7.89. The van der Waals surface area contributed by atoms with E-state index in [0.717, 1.165) is 57.1 Å². The van der Waals surface area contributed by atoms with Crippen LogP contribution >= 0.6 is 0 Å². The molecule has 0 aliphatic heterocycles. The summed E-state index contributed by atoms with van der Waals surface area (Å²) in [7, 11) is -4.21. The summed E-state index contributed by atoms with van der Waals surface area (Å²) in [5, 5.41) is 0. The van der Waals surface area contributed by atoms with Gasteiger partial charge < -0.3 is 4.90 Å². The highest BCUT2D eigenvalue weighted by Crippen LogP contribution is 2.38. The summed E-state index contributed by atoms with van der Waals surface area (Å²) < 4.78 is 69.0. The number of halogens is 3. The first-order valence-electron chi connectivity index (χ1n) is 10.6. The number of nitrogens with zero attached hydrogens (tertiary/aromatic N) is 1. The average molecular weight is 433 g/mol. The molecule has 3 rings (SSSR count). The second-order valence-corrected chi connectivity index (χ2v) is 10.5. The van der Waals surface area contributed by atoms with Gasteiger partial charge in [0.05, 0.1) is 10.5 Å². The van der Waals surface area contributed by atoms with Gasteiger partial charge in [0, 0.05) is 24.8 Å². The number of alkyl halides is 3. The molecule has 0 radical (unpaired) electrons. The molecule has 2 fully saturated rings. The summed E-state index contributed by atoms with van der Waals surface area (Å²) in [5.41, 5.74) is -0.623. The first-order valence-corrected chi connectivity index (χ1v) is 12.0. The summed E-state index contributed by atoms with van der Waals surface area (Å²) in [6.45, 7) is 4.93. The fourth-order valence-electron chi connectivity index (χ4n) is 4.03. The lowest BCUT2D eigenvalue weighted by Crippen LogP contribution is -2.39. The average Bonchev–Trinajstić information content (AvgIpc) is 3.48. The smallest absolute Gasteiger partial charge is 0.368 e. The normalized spacial score (nSPS) is 19.0. The van der Waals surface area contributed by atoms with Crippen LogP contribution in [-0.4, -0.2) is 27.5 Å². The summed E-state index contributed by atoms with van der Waals surface area (Å²) in [5.74, 6) is 0.529. The summed E-state index contributed by atoms with van der Waals surface area (Å²) in [6, 6.07) is 3.90. The zero-order valence-corrected chi connectivity index (χ0v) is 18.0. The van der Waals surface area contributed by atoms with Crippen LogP contribution in [-0.2, 0) is 16.2 Å². The van der Waals surface area contributed by atoms with Crippen molar-refractivity contribution in [3.63, 3.8) is 0 Å². The molecule has 0 saturated heterocycles. The zero-order chi connectivity index (χ0) is 21.2. The molecule has 2 aliphatic rings. The number of benzene rings is 1. The van der Waals surface area contributed by atoms with Crippen LogP contribution in [0.1, 0.15) is 64.4 Å². The van der Waals surface area contributed by atoms with Crippen molar-refractivity contribution in [2.24, 2.45) is 11.8 Å². The molecule has 2 aliphatic carbocycles. The Morgan fingerprint density at radius 2 is 1.76 bits per heavy atom. The first kappa shape index (κ1) is 22.4. The Morgan fingerprint density at radius 1 is 1.10 bits per heavy atom. The van der Waals surface area contributed by atoms with Crippen LogP contribution in [0.5, 0.6) is 0 Å². The van der Waals surface area contributed by atoms with Gasteiger partial charge in [0.1, 0.15) is 0 Å². The molecule has 0 bridgehead atoms. The molecule has 0 heterocycles. The molecule has 0 spiro atoms. The Labute approximate surface area is 171 Å². The third kappa shape index (κ3) is 5.87. The van der Waals surface area contributed by atoms with Gasteiger partial charge in [-0.15, -0.1) is 0 Å². The SMILES string of the molecule is CC(C)CN(c1ccc(S(=O)(=O)NCC2CC2)c(C(F)(F)F)c1)C1CCCCC1. The fraction of sp³-hybridized carbons (Fsp3) is 0.714. The van der Waals surface area contributed by atoms with Gasteiger partial charge in [-0.2, -0.15) is 13.2 Å². The maximum Gasteiger partial charge on any atom is 0.417 e. The third-order valence-corrected chi connectivity index (χ3v) is 7.21. The number of rotatable bonds is 8. The number of hydrogen-bond donors (Lipinski definition) is 1. The minimum atomic E-state index is -4.74. The predicted octanol–water partition coefficient (Wildman–Crippen LogP) is 5.19. The van der Waals surface area contributed by atoms with Crippen molar-refractivity contribution < 1.29 is 21.6 Å². The van der Waals surface area contributed by atoms with Crippen molar-refractivity contribution in [3.05, 3.63) is 23.8 Å². The Bertz CT molecular complexity index is 799. The maximum atomic E-state index is 13.8. The van der Waals surface area contributed by atoms with E-state index in [1.54, 1.807) is 0 Å². The van der Waals surface area contributed by atoms with E-state index in [-0.39, 0.29) is 24.4 Å². The second-order valence-electron chi connectivity index (χ2n) is 8.81. The molecule has 1 aromatic carbocycles. The molecule has 1 aromatic rings. The van der Waals surface area contributed by atoms with Crippen LogP contribution in [0, 0.1) is 11.8 Å². The molecular weight excluding hydrogens is 401 g/mol. The van der Waals surface area contributed by atoms with Gasteiger partial charge in [0.25, 0.3) is 0 Å². The van der Waals surface area contributed by atoms with Gasteiger partial charge in [-0.1, -0.05) is 33.1 Å². The molecule has 0 atom stereocenters. The van der Waals surface area contributed by atoms with E-state index in [1.165, 1.54) is 6.07 Å². The van der Waals surface area contributed by atoms with E-state index in [0.29, 0.717) is 12.2 Å². The van der Waals surface area contributed by atoms with Crippen LogP contribution in [0.25, 0.3) is 0 Å². The van der Waals surface area contributed by atoms with Gasteiger partial charge in [-0.05, 0) is 55.7 Å². The molecule has 0 amide bonds. The van der Waals surface area contributed by atoms with Crippen LogP contribution in [0.4, 0.5) is 18.9 Å². The first-order chi connectivity index (χ1) is 13.6. The van der Waals surface area contributed by atoms with E-state index >= 15 is 0 Å². The quantitative estimate of drug-likeness (QED) is 0.615. The minimum absolute atomic E-state index is 0.197. The van der Waals surface area contributed by atoms with Gasteiger partial charge in [-0.25, -0.2) is 13.1 Å². The molecule has 8 heteroatoms. The van der Waals surface area contributed by atoms with Crippen LogP contribution in [0.3, 0.4) is 0 Å².